The summed E-state index contributed by atoms with van der Waals surface area (Å²) in [6, 6.07) is 32.4. The lowest BCUT2D eigenvalue weighted by Crippen LogP contribution is -2.54. The van der Waals surface area contributed by atoms with Gasteiger partial charge in [0.2, 0.25) is 5.88 Å². The van der Waals surface area contributed by atoms with E-state index < -0.39 is 5.54 Å². The van der Waals surface area contributed by atoms with Crippen LogP contribution in [0.3, 0.4) is 0 Å². The Morgan fingerprint density at radius 3 is 1.62 bits per heavy atom. The lowest BCUT2D eigenvalue weighted by molar-refractivity contribution is -0.0249. The second kappa shape index (κ2) is 6.78. The van der Waals surface area contributed by atoms with Crippen LogP contribution < -0.4 is 0 Å². The molecule has 3 nitrogen and oxygen atoms in total. The summed E-state index contributed by atoms with van der Waals surface area (Å²) >= 11 is 0. The zero-order valence-corrected chi connectivity index (χ0v) is 17.0. The first-order chi connectivity index (χ1) is 14.1. The minimum absolute atomic E-state index is 0.208. The molecule has 1 fully saturated rings. The maximum absolute atomic E-state index is 6.25. The summed E-state index contributed by atoms with van der Waals surface area (Å²) in [6.07, 6.45) is 2.21. The van der Waals surface area contributed by atoms with Crippen molar-refractivity contribution in [3.05, 3.63) is 120 Å². The van der Waals surface area contributed by atoms with E-state index in [9.17, 15) is 0 Å². The van der Waals surface area contributed by atoms with E-state index in [1.165, 1.54) is 16.7 Å². The van der Waals surface area contributed by atoms with Crippen molar-refractivity contribution >= 4 is 0 Å². The fraction of sp³-hybridized carbons (Fsp3) is 0.231. The lowest BCUT2D eigenvalue weighted by Gasteiger charge is -2.47. The molecule has 5 rings (SSSR count). The Hall–Kier alpha value is -3.04. The zero-order valence-electron chi connectivity index (χ0n) is 17.0. The molecular weight excluding hydrogens is 356 g/mol. The van der Waals surface area contributed by atoms with Gasteiger partial charge in [0.25, 0.3) is 0 Å². The van der Waals surface area contributed by atoms with E-state index in [4.69, 9.17) is 4.74 Å². The molecule has 0 aliphatic carbocycles. The summed E-state index contributed by atoms with van der Waals surface area (Å²) in [5.41, 5.74) is 3.08. The van der Waals surface area contributed by atoms with Crippen molar-refractivity contribution in [2.75, 3.05) is 13.1 Å². The highest BCUT2D eigenvalue weighted by Crippen LogP contribution is 2.47. The highest BCUT2D eigenvalue weighted by molar-refractivity contribution is 5.50. The van der Waals surface area contributed by atoms with Crippen LogP contribution in [-0.4, -0.2) is 28.7 Å². The highest BCUT2D eigenvalue weighted by atomic mass is 16.5. The normalized spacial score (nSPS) is 18.3. The summed E-state index contributed by atoms with van der Waals surface area (Å²) in [5.74, 6) is 0.960. The third kappa shape index (κ3) is 2.85. The van der Waals surface area contributed by atoms with Crippen LogP contribution in [0.4, 0.5) is 0 Å². The number of rotatable bonds is 4. The molecule has 0 saturated carbocycles. The standard InChI is InChI=1S/C26H26N2O/c1-25(2)20-27-24(29-25)18-19-28(27)26(21-12-6-3-7-13-21,22-14-8-4-9-15-22)23-16-10-5-11-17-23/h3-18H,19-20H2,1-2H3. The van der Waals surface area contributed by atoms with Gasteiger partial charge in [0.05, 0.1) is 6.54 Å². The van der Waals surface area contributed by atoms with Gasteiger partial charge in [-0.3, -0.25) is 5.01 Å². The number of hydrogen-bond acceptors (Lipinski definition) is 3. The molecule has 3 heteroatoms. The van der Waals surface area contributed by atoms with Gasteiger partial charge in [-0.25, -0.2) is 0 Å². The molecule has 3 aromatic rings. The topological polar surface area (TPSA) is 15.7 Å². The van der Waals surface area contributed by atoms with Gasteiger partial charge in [0, 0.05) is 6.54 Å². The second-order valence-electron chi connectivity index (χ2n) is 8.35. The predicted octanol–water partition coefficient (Wildman–Crippen LogP) is 5.16. The minimum Gasteiger partial charge on any atom is -0.470 e. The predicted molar refractivity (Wildman–Crippen MR) is 116 cm³/mol. The molecule has 0 amide bonds. The van der Waals surface area contributed by atoms with Gasteiger partial charge in [-0.05, 0) is 36.6 Å². The first-order valence-electron chi connectivity index (χ1n) is 10.2. The Labute approximate surface area is 172 Å². The van der Waals surface area contributed by atoms with Gasteiger partial charge < -0.3 is 4.74 Å². The first-order valence-corrected chi connectivity index (χ1v) is 10.2. The summed E-state index contributed by atoms with van der Waals surface area (Å²) in [7, 11) is 0. The van der Waals surface area contributed by atoms with E-state index in [-0.39, 0.29) is 5.60 Å². The average molecular weight is 383 g/mol. The molecule has 0 spiro atoms. The van der Waals surface area contributed by atoms with E-state index in [2.05, 4.69) is 121 Å². The van der Waals surface area contributed by atoms with Crippen molar-refractivity contribution in [3.8, 4) is 0 Å². The molecule has 0 bridgehead atoms. The number of nitrogens with zero attached hydrogens (tertiary/aromatic N) is 2. The van der Waals surface area contributed by atoms with Crippen molar-refractivity contribution < 1.29 is 4.74 Å². The summed E-state index contributed by atoms with van der Waals surface area (Å²) in [4.78, 5) is 0. The SMILES string of the molecule is CC1(C)CN2C(=CCN2C(c2ccccc2)(c2ccccc2)c2ccccc2)O1. The van der Waals surface area contributed by atoms with Gasteiger partial charge >= 0.3 is 0 Å². The van der Waals surface area contributed by atoms with Crippen LogP contribution in [0.15, 0.2) is 103 Å². The van der Waals surface area contributed by atoms with Crippen LogP contribution in [0.2, 0.25) is 0 Å². The summed E-state index contributed by atoms with van der Waals surface area (Å²) < 4.78 is 6.25. The van der Waals surface area contributed by atoms with Gasteiger partial charge in [0.15, 0.2) is 0 Å². The van der Waals surface area contributed by atoms with E-state index in [0.717, 1.165) is 19.0 Å². The van der Waals surface area contributed by atoms with Gasteiger partial charge in [-0.15, -0.1) is 0 Å². The number of benzene rings is 3. The summed E-state index contributed by atoms with van der Waals surface area (Å²) in [6.45, 7) is 5.93. The maximum atomic E-state index is 6.25. The zero-order chi connectivity index (χ0) is 19.9. The van der Waals surface area contributed by atoms with Gasteiger partial charge in [-0.1, -0.05) is 91.0 Å². The van der Waals surface area contributed by atoms with E-state index in [1.807, 2.05) is 0 Å². The largest absolute Gasteiger partial charge is 0.470 e. The third-order valence-electron chi connectivity index (χ3n) is 5.86. The van der Waals surface area contributed by atoms with Crippen molar-refractivity contribution in [2.45, 2.75) is 25.0 Å². The molecule has 2 aliphatic heterocycles. The Morgan fingerprint density at radius 2 is 1.17 bits per heavy atom. The minimum atomic E-state index is -0.453. The average Bonchev–Trinajstić information content (AvgIpc) is 3.27. The Balaban J connectivity index is 1.78. The van der Waals surface area contributed by atoms with Crippen molar-refractivity contribution in [3.63, 3.8) is 0 Å². The van der Waals surface area contributed by atoms with Gasteiger partial charge in [0.1, 0.15) is 11.1 Å². The lowest BCUT2D eigenvalue weighted by atomic mass is 9.76. The molecule has 0 aromatic heterocycles. The van der Waals surface area contributed by atoms with Crippen LogP contribution in [-0.2, 0) is 10.3 Å². The smallest absolute Gasteiger partial charge is 0.202 e. The first kappa shape index (κ1) is 18.0. The van der Waals surface area contributed by atoms with Crippen LogP contribution >= 0.6 is 0 Å². The molecule has 29 heavy (non-hydrogen) atoms. The molecular formula is C26H26N2O. The fourth-order valence-electron chi connectivity index (χ4n) is 4.72. The number of hydrazine groups is 1. The van der Waals surface area contributed by atoms with Crippen LogP contribution in [0.5, 0.6) is 0 Å². The van der Waals surface area contributed by atoms with Gasteiger partial charge in [-0.2, -0.15) is 5.01 Å². The molecule has 0 unspecified atom stereocenters. The third-order valence-corrected chi connectivity index (χ3v) is 5.86. The molecule has 2 aliphatic rings. The van der Waals surface area contributed by atoms with Crippen molar-refractivity contribution in [1.82, 2.24) is 10.0 Å². The number of fused-ring (bicyclic) bond motifs is 1. The Kier molecular flexibility index (Phi) is 4.21. The van der Waals surface area contributed by atoms with E-state index in [0.29, 0.717) is 0 Å². The maximum Gasteiger partial charge on any atom is 0.202 e. The molecule has 1 saturated heterocycles. The van der Waals surface area contributed by atoms with Crippen LogP contribution in [0.25, 0.3) is 0 Å². The monoisotopic (exact) mass is 382 g/mol. The molecule has 3 aromatic carbocycles. The highest BCUT2D eigenvalue weighted by Gasteiger charge is 2.51. The van der Waals surface area contributed by atoms with Crippen molar-refractivity contribution in [1.29, 1.82) is 0 Å². The second-order valence-corrected chi connectivity index (χ2v) is 8.35. The molecule has 0 atom stereocenters. The van der Waals surface area contributed by atoms with E-state index >= 15 is 0 Å². The fourth-order valence-corrected chi connectivity index (χ4v) is 4.72. The molecule has 0 radical (unpaired) electrons. The number of hydrogen-bond donors (Lipinski definition) is 0. The Bertz CT molecular complexity index is 916. The molecule has 2 heterocycles. The Morgan fingerprint density at radius 1 is 0.724 bits per heavy atom. The quantitative estimate of drug-likeness (QED) is 0.580. The molecule has 0 N–H and O–H groups in total. The molecule has 146 valence electrons. The number of ether oxygens (including phenoxy) is 1. The van der Waals surface area contributed by atoms with Crippen molar-refractivity contribution in [2.24, 2.45) is 0 Å². The van der Waals surface area contributed by atoms with Crippen LogP contribution in [0.1, 0.15) is 30.5 Å². The summed E-state index contributed by atoms with van der Waals surface area (Å²) in [5, 5.41) is 4.80. The van der Waals surface area contributed by atoms with E-state index in [1.54, 1.807) is 0 Å². The van der Waals surface area contributed by atoms with Crippen LogP contribution in [0, 0.1) is 0 Å².